The van der Waals surface area contributed by atoms with Gasteiger partial charge in [0.1, 0.15) is 11.3 Å². The van der Waals surface area contributed by atoms with E-state index in [0.717, 1.165) is 28.0 Å². The maximum absolute atomic E-state index is 6.39. The third-order valence-corrected chi connectivity index (χ3v) is 9.33. The highest BCUT2D eigenvalue weighted by atomic mass is 16.3. The monoisotopic (exact) mass is 572 g/mol. The van der Waals surface area contributed by atoms with Crippen molar-refractivity contribution < 1.29 is 4.42 Å². The zero-order valence-corrected chi connectivity index (χ0v) is 24.4. The lowest BCUT2D eigenvalue weighted by atomic mass is 9.94. The lowest BCUT2D eigenvalue weighted by molar-refractivity contribution is 0.631. The fourth-order valence-electron chi connectivity index (χ4n) is 7.11. The average Bonchev–Trinajstić information content (AvgIpc) is 3.68. The molecule has 1 radical (unpaired) electrons. The summed E-state index contributed by atoms with van der Waals surface area (Å²) in [6.45, 7) is 0. The van der Waals surface area contributed by atoms with Crippen molar-refractivity contribution in [3.8, 4) is 39.3 Å². The van der Waals surface area contributed by atoms with Gasteiger partial charge in [-0.2, -0.15) is 0 Å². The Morgan fingerprint density at radius 2 is 1.04 bits per heavy atom. The van der Waals surface area contributed by atoms with Gasteiger partial charge in [-0.3, -0.25) is 0 Å². The standard InChI is InChI=1S/C43H26NO/c1-3-11-34-28(9-1)24-37(39-26-38(34)39)31-21-30(22-32(23-31)43-25-29-10-2-8-16-42(29)45-43)27-17-19-33(20-18-27)44-40-14-6-4-12-35(40)36-13-5-7-15-41(36)44/h1-26H. The molecular formula is C43H26NO. The van der Waals surface area contributed by atoms with E-state index in [1.165, 1.54) is 66.0 Å². The molecule has 0 saturated heterocycles. The van der Waals surface area contributed by atoms with Gasteiger partial charge in [-0.25, -0.2) is 0 Å². The van der Waals surface area contributed by atoms with Gasteiger partial charge in [0.05, 0.1) is 11.0 Å². The maximum Gasteiger partial charge on any atom is 0.135 e. The first kappa shape index (κ1) is 24.6. The number of aromatic nitrogens is 1. The number of para-hydroxylation sites is 3. The van der Waals surface area contributed by atoms with Crippen LogP contribution in [0.1, 0.15) is 11.1 Å². The van der Waals surface area contributed by atoms with Crippen LogP contribution in [0.5, 0.6) is 0 Å². The van der Waals surface area contributed by atoms with Crippen LogP contribution >= 0.6 is 0 Å². The topological polar surface area (TPSA) is 18.1 Å². The van der Waals surface area contributed by atoms with E-state index in [4.69, 9.17) is 4.42 Å². The normalized spacial score (nSPS) is 12.4. The second-order valence-electron chi connectivity index (χ2n) is 12.0. The predicted molar refractivity (Wildman–Crippen MR) is 187 cm³/mol. The van der Waals surface area contributed by atoms with Crippen molar-refractivity contribution in [2.75, 3.05) is 0 Å². The van der Waals surface area contributed by atoms with Crippen molar-refractivity contribution in [1.82, 2.24) is 4.57 Å². The van der Waals surface area contributed by atoms with Gasteiger partial charge < -0.3 is 8.98 Å². The highest BCUT2D eigenvalue weighted by Gasteiger charge is 2.26. The molecule has 0 saturated carbocycles. The van der Waals surface area contributed by atoms with E-state index < -0.39 is 0 Å². The van der Waals surface area contributed by atoms with E-state index in [2.05, 4.69) is 151 Å². The van der Waals surface area contributed by atoms with Crippen molar-refractivity contribution in [3.63, 3.8) is 0 Å². The van der Waals surface area contributed by atoms with E-state index in [-0.39, 0.29) is 0 Å². The molecule has 0 spiro atoms. The molecule has 10 rings (SSSR count). The zero-order chi connectivity index (χ0) is 29.5. The third kappa shape index (κ3) is 3.82. The van der Waals surface area contributed by atoms with Crippen LogP contribution in [0.15, 0.2) is 156 Å². The Morgan fingerprint density at radius 1 is 0.422 bits per heavy atom. The molecule has 0 unspecified atom stereocenters. The molecule has 45 heavy (non-hydrogen) atoms. The minimum absolute atomic E-state index is 0.881. The summed E-state index contributed by atoms with van der Waals surface area (Å²) < 4.78 is 8.76. The Labute approximate surface area is 260 Å². The largest absolute Gasteiger partial charge is 0.456 e. The predicted octanol–water partition coefficient (Wildman–Crippen LogP) is 11.6. The van der Waals surface area contributed by atoms with Crippen molar-refractivity contribution in [1.29, 1.82) is 0 Å². The average molecular weight is 573 g/mol. The second kappa shape index (κ2) is 9.32. The molecule has 2 aromatic heterocycles. The molecule has 1 aliphatic carbocycles. The van der Waals surface area contributed by atoms with Crippen LogP contribution < -0.4 is 0 Å². The second-order valence-corrected chi connectivity index (χ2v) is 12.0. The summed E-state index contributed by atoms with van der Waals surface area (Å²) in [5, 5.41) is 6.25. The number of fused-ring (bicyclic) bond motifs is 7. The number of furan rings is 1. The number of rotatable bonds is 4. The minimum atomic E-state index is 0.881. The molecular weight excluding hydrogens is 546 g/mol. The van der Waals surface area contributed by atoms with Crippen LogP contribution in [-0.4, -0.2) is 4.57 Å². The molecule has 0 atom stereocenters. The van der Waals surface area contributed by atoms with Crippen LogP contribution in [0.4, 0.5) is 0 Å². The van der Waals surface area contributed by atoms with Crippen molar-refractivity contribution >= 4 is 43.5 Å². The Hall–Kier alpha value is -5.86. The summed E-state index contributed by atoms with van der Waals surface area (Å²) in [5.41, 5.74) is 13.1. The number of hydrogen-bond donors (Lipinski definition) is 0. The van der Waals surface area contributed by atoms with Gasteiger partial charge in [-0.1, -0.05) is 91.0 Å². The molecule has 7 aromatic carbocycles. The number of hydrogen-bond acceptors (Lipinski definition) is 1. The quantitative estimate of drug-likeness (QED) is 0.205. The van der Waals surface area contributed by atoms with Crippen LogP contribution in [0.25, 0.3) is 82.8 Å². The van der Waals surface area contributed by atoms with E-state index in [1.54, 1.807) is 0 Å². The molecule has 0 bridgehead atoms. The Kier molecular flexibility index (Phi) is 5.09. The molecule has 0 N–H and O–H groups in total. The first-order valence-electron chi connectivity index (χ1n) is 15.4. The first-order valence-corrected chi connectivity index (χ1v) is 15.4. The molecule has 2 heteroatoms. The number of nitrogens with zero attached hydrogens (tertiary/aromatic N) is 1. The smallest absolute Gasteiger partial charge is 0.135 e. The molecule has 2 nitrogen and oxygen atoms in total. The maximum atomic E-state index is 6.39. The minimum Gasteiger partial charge on any atom is -0.456 e. The molecule has 0 fully saturated rings. The summed E-state index contributed by atoms with van der Waals surface area (Å²) in [6.07, 6.45) is 2.31. The van der Waals surface area contributed by atoms with Gasteiger partial charge in [-0.05, 0) is 105 Å². The summed E-state index contributed by atoms with van der Waals surface area (Å²) in [6, 6.07) is 54.6. The summed E-state index contributed by atoms with van der Waals surface area (Å²) >= 11 is 0. The van der Waals surface area contributed by atoms with E-state index in [1.807, 2.05) is 12.1 Å². The van der Waals surface area contributed by atoms with E-state index in [0.29, 0.717) is 0 Å². The van der Waals surface area contributed by atoms with Gasteiger partial charge in [0.15, 0.2) is 0 Å². The fraction of sp³-hybridized carbons (Fsp3) is 0. The van der Waals surface area contributed by atoms with Crippen LogP contribution in [0, 0.1) is 6.42 Å². The third-order valence-electron chi connectivity index (χ3n) is 9.33. The summed E-state index contributed by atoms with van der Waals surface area (Å²) in [5.74, 6) is 0.881. The van der Waals surface area contributed by atoms with Gasteiger partial charge in [0.2, 0.25) is 0 Å². The van der Waals surface area contributed by atoms with Crippen LogP contribution in [0.3, 0.4) is 0 Å². The van der Waals surface area contributed by atoms with E-state index in [9.17, 15) is 0 Å². The summed E-state index contributed by atoms with van der Waals surface area (Å²) in [7, 11) is 0. The highest BCUT2D eigenvalue weighted by Crippen LogP contribution is 2.46. The lowest BCUT2D eigenvalue weighted by Crippen LogP contribution is -1.93. The molecule has 0 amide bonds. The molecule has 209 valence electrons. The highest BCUT2D eigenvalue weighted by molar-refractivity contribution is 6.09. The van der Waals surface area contributed by atoms with Crippen molar-refractivity contribution in [3.05, 3.63) is 169 Å². The van der Waals surface area contributed by atoms with E-state index >= 15 is 0 Å². The molecule has 2 heterocycles. The fourth-order valence-corrected chi connectivity index (χ4v) is 7.11. The van der Waals surface area contributed by atoms with Crippen molar-refractivity contribution in [2.45, 2.75) is 0 Å². The zero-order valence-electron chi connectivity index (χ0n) is 24.4. The lowest BCUT2D eigenvalue weighted by Gasteiger charge is -2.12. The van der Waals surface area contributed by atoms with Crippen LogP contribution in [-0.2, 0) is 0 Å². The SMILES string of the molecule is [CH]1c2c(-c3cc(-c4ccc(-n5c6ccccc6c6ccccc65)cc4)cc(-c4cc5ccccc5o4)c3)cc3ccccc3c21. The Balaban J connectivity index is 1.14. The van der Waals surface area contributed by atoms with Crippen molar-refractivity contribution in [2.24, 2.45) is 0 Å². The van der Waals surface area contributed by atoms with Gasteiger partial charge in [0.25, 0.3) is 0 Å². The molecule has 0 aliphatic heterocycles. The van der Waals surface area contributed by atoms with Gasteiger partial charge in [0, 0.05) is 33.8 Å². The van der Waals surface area contributed by atoms with Gasteiger partial charge >= 0.3 is 0 Å². The number of benzene rings is 7. The Morgan fingerprint density at radius 3 is 1.80 bits per heavy atom. The Bertz CT molecular complexity index is 2530. The first-order chi connectivity index (χ1) is 22.3. The molecule has 9 aromatic rings. The summed E-state index contributed by atoms with van der Waals surface area (Å²) in [4.78, 5) is 0. The van der Waals surface area contributed by atoms with Gasteiger partial charge in [-0.15, -0.1) is 0 Å². The van der Waals surface area contributed by atoms with Crippen LogP contribution in [0.2, 0.25) is 0 Å². The molecule has 1 aliphatic rings.